The van der Waals surface area contributed by atoms with Gasteiger partial charge in [0.15, 0.2) is 10.3 Å². The zero-order valence-corrected chi connectivity index (χ0v) is 16.6. The summed E-state index contributed by atoms with van der Waals surface area (Å²) in [4.78, 5) is 27.4. The SMILES string of the molecule is CC(C(=O)Nc1nc(-c2cccc([N+](=O)[O-])c2)cs1)n1c(N)nnc1SCC#N. The van der Waals surface area contributed by atoms with Crippen molar-refractivity contribution in [1.82, 2.24) is 19.7 Å². The Morgan fingerprint density at radius 2 is 2.31 bits per heavy atom. The fourth-order valence-corrected chi connectivity index (χ4v) is 3.82. The number of hydrogen-bond acceptors (Lipinski definition) is 10. The van der Waals surface area contributed by atoms with Crippen molar-refractivity contribution in [1.29, 1.82) is 5.26 Å². The number of rotatable bonds is 7. The van der Waals surface area contributed by atoms with Crippen molar-refractivity contribution in [2.45, 2.75) is 18.1 Å². The molecule has 0 saturated heterocycles. The van der Waals surface area contributed by atoms with Crippen LogP contribution in [0.3, 0.4) is 0 Å². The molecule has 2 heterocycles. The minimum absolute atomic E-state index is 0.0415. The van der Waals surface area contributed by atoms with E-state index in [1.165, 1.54) is 28.0 Å². The third kappa shape index (κ3) is 4.50. The molecule has 148 valence electrons. The Labute approximate surface area is 172 Å². The van der Waals surface area contributed by atoms with Gasteiger partial charge in [-0.3, -0.25) is 19.5 Å². The predicted molar refractivity (Wildman–Crippen MR) is 108 cm³/mol. The van der Waals surface area contributed by atoms with E-state index in [1.54, 1.807) is 24.4 Å². The van der Waals surface area contributed by atoms with Gasteiger partial charge in [0.2, 0.25) is 11.9 Å². The average molecular weight is 430 g/mol. The van der Waals surface area contributed by atoms with Crippen LogP contribution in [-0.2, 0) is 4.79 Å². The van der Waals surface area contributed by atoms with Crippen LogP contribution in [0.25, 0.3) is 11.3 Å². The summed E-state index contributed by atoms with van der Waals surface area (Å²) >= 11 is 2.32. The lowest BCUT2D eigenvalue weighted by Crippen LogP contribution is -2.25. The lowest BCUT2D eigenvalue weighted by Gasteiger charge is -2.15. The van der Waals surface area contributed by atoms with Crippen LogP contribution in [0, 0.1) is 21.4 Å². The first-order valence-electron chi connectivity index (χ1n) is 8.12. The second-order valence-corrected chi connectivity index (χ2v) is 7.47. The van der Waals surface area contributed by atoms with Gasteiger partial charge >= 0.3 is 0 Å². The number of nitrogens with two attached hydrogens (primary N) is 1. The van der Waals surface area contributed by atoms with E-state index >= 15 is 0 Å². The number of nitrogens with zero attached hydrogens (tertiary/aromatic N) is 6. The maximum atomic E-state index is 12.6. The number of nitriles is 1. The number of thiazole rings is 1. The van der Waals surface area contributed by atoms with Gasteiger partial charge in [0.1, 0.15) is 6.04 Å². The molecule has 0 aliphatic rings. The maximum absolute atomic E-state index is 12.6. The molecule has 0 aliphatic heterocycles. The van der Waals surface area contributed by atoms with Gasteiger partial charge in [0.05, 0.1) is 22.4 Å². The summed E-state index contributed by atoms with van der Waals surface area (Å²) in [6.45, 7) is 1.63. The standard InChI is InChI=1S/C16H14N8O3S2/c1-9(23-14(18)21-22-16(23)28-6-5-17)13(25)20-15-19-12(8-29-15)10-3-2-4-11(7-10)24(26)27/h2-4,7-9H,6H2,1H3,(H2,18,21)(H,19,20,25). The van der Waals surface area contributed by atoms with Crippen LogP contribution in [0.5, 0.6) is 0 Å². The van der Waals surface area contributed by atoms with Crippen LogP contribution in [-0.4, -0.2) is 36.3 Å². The van der Waals surface area contributed by atoms with Crippen molar-refractivity contribution in [3.05, 3.63) is 39.8 Å². The van der Waals surface area contributed by atoms with Crippen molar-refractivity contribution in [3.8, 4) is 17.3 Å². The van der Waals surface area contributed by atoms with E-state index in [9.17, 15) is 14.9 Å². The molecule has 1 unspecified atom stereocenters. The second-order valence-electron chi connectivity index (χ2n) is 5.67. The van der Waals surface area contributed by atoms with Gasteiger partial charge in [-0.25, -0.2) is 4.98 Å². The highest BCUT2D eigenvalue weighted by Crippen LogP contribution is 2.28. The first-order chi connectivity index (χ1) is 13.9. The van der Waals surface area contributed by atoms with Gasteiger partial charge in [-0.2, -0.15) is 5.26 Å². The van der Waals surface area contributed by atoms with E-state index < -0.39 is 16.9 Å². The highest BCUT2D eigenvalue weighted by atomic mass is 32.2. The molecule has 13 heteroatoms. The van der Waals surface area contributed by atoms with E-state index in [1.807, 2.05) is 6.07 Å². The number of amides is 1. The molecule has 3 aromatic rings. The second kappa shape index (κ2) is 8.67. The van der Waals surface area contributed by atoms with Gasteiger partial charge < -0.3 is 11.1 Å². The Hall–Kier alpha value is -3.50. The molecular weight excluding hydrogens is 416 g/mol. The zero-order chi connectivity index (χ0) is 21.0. The zero-order valence-electron chi connectivity index (χ0n) is 15.0. The smallest absolute Gasteiger partial charge is 0.270 e. The van der Waals surface area contributed by atoms with Crippen molar-refractivity contribution in [3.63, 3.8) is 0 Å². The number of carbonyl (C=O) groups excluding carboxylic acids is 1. The fraction of sp³-hybridized carbons (Fsp3) is 0.188. The molecule has 1 aromatic carbocycles. The van der Waals surface area contributed by atoms with Crippen LogP contribution in [0.15, 0.2) is 34.8 Å². The van der Waals surface area contributed by atoms with Gasteiger partial charge in [-0.05, 0) is 6.92 Å². The summed E-state index contributed by atoms with van der Waals surface area (Å²) in [6.07, 6.45) is 0. The molecule has 1 atom stereocenters. The number of nitrogens with one attached hydrogen (secondary N) is 1. The minimum Gasteiger partial charge on any atom is -0.368 e. The first-order valence-corrected chi connectivity index (χ1v) is 9.98. The summed E-state index contributed by atoms with van der Waals surface area (Å²) in [5, 5.41) is 32.4. The third-order valence-electron chi connectivity index (χ3n) is 3.81. The Bertz CT molecular complexity index is 1100. The van der Waals surface area contributed by atoms with Gasteiger partial charge in [-0.15, -0.1) is 21.5 Å². The lowest BCUT2D eigenvalue weighted by atomic mass is 10.1. The molecule has 0 saturated carbocycles. The van der Waals surface area contributed by atoms with Crippen LogP contribution in [0.1, 0.15) is 13.0 Å². The molecule has 3 N–H and O–H groups in total. The topological polar surface area (TPSA) is 166 Å². The van der Waals surface area contributed by atoms with E-state index in [2.05, 4.69) is 20.5 Å². The summed E-state index contributed by atoms with van der Waals surface area (Å²) < 4.78 is 1.44. The largest absolute Gasteiger partial charge is 0.368 e. The fourth-order valence-electron chi connectivity index (χ4n) is 2.42. The highest BCUT2D eigenvalue weighted by molar-refractivity contribution is 7.99. The monoisotopic (exact) mass is 430 g/mol. The Balaban J connectivity index is 1.76. The summed E-state index contributed by atoms with van der Waals surface area (Å²) in [5.41, 5.74) is 6.85. The molecule has 29 heavy (non-hydrogen) atoms. The molecule has 0 fully saturated rings. The van der Waals surface area contributed by atoms with Crippen molar-refractivity contribution in [2.24, 2.45) is 0 Å². The van der Waals surface area contributed by atoms with Gasteiger partial charge in [0.25, 0.3) is 5.69 Å². The quantitative estimate of drug-likeness (QED) is 0.325. The van der Waals surface area contributed by atoms with E-state index in [0.29, 0.717) is 21.5 Å². The summed E-state index contributed by atoms with van der Waals surface area (Å²) in [5.74, 6) is -0.189. The molecule has 2 aromatic heterocycles. The number of nitro benzene ring substituents is 1. The number of nitro groups is 1. The number of aromatic nitrogens is 4. The van der Waals surface area contributed by atoms with Gasteiger partial charge in [0, 0.05) is 23.1 Å². The van der Waals surface area contributed by atoms with Gasteiger partial charge in [-0.1, -0.05) is 23.9 Å². The number of hydrogen-bond donors (Lipinski definition) is 2. The normalized spacial score (nSPS) is 11.6. The number of nitrogen functional groups attached to an aromatic ring is 1. The van der Waals surface area contributed by atoms with Crippen LogP contribution in [0.2, 0.25) is 0 Å². The molecule has 1 amide bonds. The van der Waals surface area contributed by atoms with Crippen molar-refractivity contribution < 1.29 is 9.72 Å². The van der Waals surface area contributed by atoms with Crippen molar-refractivity contribution in [2.75, 3.05) is 16.8 Å². The molecule has 0 radical (unpaired) electrons. The van der Waals surface area contributed by atoms with Crippen LogP contribution in [0.4, 0.5) is 16.8 Å². The Morgan fingerprint density at radius 3 is 3.03 bits per heavy atom. The molecule has 0 aliphatic carbocycles. The van der Waals surface area contributed by atoms with E-state index in [4.69, 9.17) is 11.0 Å². The number of thioether (sulfide) groups is 1. The third-order valence-corrected chi connectivity index (χ3v) is 5.38. The maximum Gasteiger partial charge on any atom is 0.270 e. The molecule has 0 spiro atoms. The lowest BCUT2D eigenvalue weighted by molar-refractivity contribution is -0.384. The van der Waals surface area contributed by atoms with Crippen LogP contribution >= 0.6 is 23.1 Å². The first kappa shape index (κ1) is 20.2. The molecule has 3 rings (SSSR count). The Kier molecular flexibility index (Phi) is 6.05. The van der Waals surface area contributed by atoms with E-state index in [0.717, 1.165) is 11.8 Å². The summed E-state index contributed by atoms with van der Waals surface area (Å²) in [6, 6.07) is 7.32. The summed E-state index contributed by atoms with van der Waals surface area (Å²) in [7, 11) is 0. The number of non-ortho nitro benzene ring substituents is 1. The average Bonchev–Trinajstić information content (AvgIpc) is 3.32. The van der Waals surface area contributed by atoms with Crippen LogP contribution < -0.4 is 11.1 Å². The number of anilines is 2. The highest BCUT2D eigenvalue weighted by Gasteiger charge is 2.23. The Morgan fingerprint density at radius 1 is 1.52 bits per heavy atom. The van der Waals surface area contributed by atoms with Crippen molar-refractivity contribution >= 4 is 45.8 Å². The predicted octanol–water partition coefficient (Wildman–Crippen LogP) is 2.71. The molecule has 0 bridgehead atoms. The number of carbonyl (C=O) groups is 1. The molecular formula is C16H14N8O3S2. The minimum atomic E-state index is -0.739. The molecule has 11 nitrogen and oxygen atoms in total. The number of benzene rings is 1. The van der Waals surface area contributed by atoms with E-state index in [-0.39, 0.29) is 17.4 Å².